The lowest BCUT2D eigenvalue weighted by atomic mass is 9.90. The van der Waals surface area contributed by atoms with Crippen LogP contribution in [0.15, 0.2) is 48.7 Å². The van der Waals surface area contributed by atoms with E-state index in [1.807, 2.05) is 41.4 Å². The molecular weight excluding hydrogens is 386 g/mol. The number of fused-ring (bicyclic) bond motifs is 1. The number of pyridine rings is 1. The van der Waals surface area contributed by atoms with Crippen molar-refractivity contribution < 1.29 is 4.79 Å². The molecule has 1 aromatic carbocycles. The number of rotatable bonds is 8. The van der Waals surface area contributed by atoms with Gasteiger partial charge in [0.25, 0.3) is 5.91 Å². The molecule has 1 aliphatic heterocycles. The van der Waals surface area contributed by atoms with Crippen molar-refractivity contribution in [1.29, 1.82) is 0 Å². The van der Waals surface area contributed by atoms with Crippen LogP contribution in [0.1, 0.15) is 53.3 Å². The number of carbonyl (C=O) groups is 1. The van der Waals surface area contributed by atoms with Gasteiger partial charge in [-0.3, -0.25) is 14.7 Å². The molecule has 2 atom stereocenters. The van der Waals surface area contributed by atoms with Crippen LogP contribution in [0.2, 0.25) is 0 Å². The van der Waals surface area contributed by atoms with Crippen molar-refractivity contribution in [3.8, 4) is 0 Å². The molecule has 0 bridgehead atoms. The minimum absolute atomic E-state index is 0.131. The second-order valence-electron chi connectivity index (χ2n) is 8.71. The van der Waals surface area contributed by atoms with Gasteiger partial charge in [0.05, 0.1) is 11.7 Å². The maximum absolute atomic E-state index is 13.0. The van der Waals surface area contributed by atoms with Gasteiger partial charge in [0.1, 0.15) is 0 Å². The maximum Gasteiger partial charge on any atom is 0.253 e. The predicted molar refractivity (Wildman–Crippen MR) is 124 cm³/mol. The zero-order valence-electron chi connectivity index (χ0n) is 18.4. The number of aromatic nitrogens is 1. The number of carbonyl (C=O) groups excluding carboxylic acids is 1. The van der Waals surface area contributed by atoms with Gasteiger partial charge in [-0.25, -0.2) is 0 Å². The van der Waals surface area contributed by atoms with Crippen LogP contribution in [0.3, 0.4) is 0 Å². The Morgan fingerprint density at radius 2 is 2.06 bits per heavy atom. The summed E-state index contributed by atoms with van der Waals surface area (Å²) >= 11 is 0. The number of piperazine rings is 1. The summed E-state index contributed by atoms with van der Waals surface area (Å²) in [4.78, 5) is 22.3. The van der Waals surface area contributed by atoms with Gasteiger partial charge in [-0.05, 0) is 69.0 Å². The summed E-state index contributed by atoms with van der Waals surface area (Å²) in [6.45, 7) is 4.99. The number of aryl methyl sites for hydroxylation is 1. The first-order chi connectivity index (χ1) is 15.3. The Hall–Kier alpha value is -2.28. The zero-order valence-corrected chi connectivity index (χ0v) is 18.4. The minimum atomic E-state index is 0.131. The molecule has 0 spiro atoms. The molecule has 6 heteroatoms. The van der Waals surface area contributed by atoms with Gasteiger partial charge in [-0.2, -0.15) is 0 Å². The molecule has 1 amide bonds. The summed E-state index contributed by atoms with van der Waals surface area (Å²) in [6.07, 6.45) is 7.52. The molecule has 0 saturated carbocycles. The maximum atomic E-state index is 13.0. The number of hydrogen-bond acceptors (Lipinski definition) is 5. The fraction of sp³-hybridized carbons (Fsp3) is 0.520. The second-order valence-corrected chi connectivity index (χ2v) is 8.71. The number of amides is 1. The van der Waals surface area contributed by atoms with E-state index in [4.69, 9.17) is 10.7 Å². The van der Waals surface area contributed by atoms with E-state index in [2.05, 4.69) is 22.3 Å². The van der Waals surface area contributed by atoms with Gasteiger partial charge >= 0.3 is 0 Å². The Labute approximate surface area is 185 Å². The fourth-order valence-electron chi connectivity index (χ4n) is 4.95. The van der Waals surface area contributed by atoms with E-state index >= 15 is 0 Å². The zero-order chi connectivity index (χ0) is 21.5. The largest absolute Gasteiger partial charge is 0.336 e. The standard InChI is InChI=1S/C25H35N5O/c26-13-4-5-16-29(23-12-6-10-20-11-7-14-28-24(20)23)18-22-19-30(17-15-27-22)25(31)21-8-2-1-3-9-21/h1-3,7-9,11,14,22-23,27H,4-6,10,12-13,15-19,26H2/t22-,23-/m0/s1. The summed E-state index contributed by atoms with van der Waals surface area (Å²) in [5.74, 6) is 0.131. The van der Waals surface area contributed by atoms with Crippen molar-refractivity contribution in [3.63, 3.8) is 0 Å². The van der Waals surface area contributed by atoms with E-state index in [-0.39, 0.29) is 11.9 Å². The Morgan fingerprint density at radius 3 is 2.90 bits per heavy atom. The van der Waals surface area contributed by atoms with E-state index in [1.165, 1.54) is 17.7 Å². The Morgan fingerprint density at radius 1 is 1.19 bits per heavy atom. The molecule has 3 N–H and O–H groups in total. The van der Waals surface area contributed by atoms with Gasteiger partial charge in [0.15, 0.2) is 0 Å². The van der Waals surface area contributed by atoms with Gasteiger partial charge in [0.2, 0.25) is 0 Å². The van der Waals surface area contributed by atoms with Crippen molar-refractivity contribution >= 4 is 5.91 Å². The number of nitrogens with two attached hydrogens (primary N) is 1. The van der Waals surface area contributed by atoms with Crippen molar-refractivity contribution in [1.82, 2.24) is 20.1 Å². The molecule has 166 valence electrons. The van der Waals surface area contributed by atoms with Crippen LogP contribution in [-0.2, 0) is 6.42 Å². The number of unbranched alkanes of at least 4 members (excludes halogenated alkanes) is 1. The normalized spacial score (nSPS) is 21.2. The molecule has 1 aromatic heterocycles. The molecular formula is C25H35N5O. The fourth-order valence-corrected chi connectivity index (χ4v) is 4.95. The third-order valence-electron chi connectivity index (χ3n) is 6.52. The number of nitrogens with zero attached hydrogens (tertiary/aromatic N) is 3. The minimum Gasteiger partial charge on any atom is -0.336 e. The molecule has 1 saturated heterocycles. The molecule has 1 aliphatic carbocycles. The van der Waals surface area contributed by atoms with Gasteiger partial charge in [-0.1, -0.05) is 24.3 Å². The molecule has 6 nitrogen and oxygen atoms in total. The summed E-state index contributed by atoms with van der Waals surface area (Å²) in [7, 11) is 0. The molecule has 1 fully saturated rings. The molecule has 4 rings (SSSR count). The summed E-state index contributed by atoms with van der Waals surface area (Å²) in [5, 5.41) is 3.66. The molecule has 0 radical (unpaired) electrons. The monoisotopic (exact) mass is 421 g/mol. The molecule has 2 aliphatic rings. The number of benzene rings is 1. The van der Waals surface area contributed by atoms with Gasteiger partial charge in [0, 0.05) is 44.0 Å². The molecule has 31 heavy (non-hydrogen) atoms. The highest BCUT2D eigenvalue weighted by atomic mass is 16.2. The van der Waals surface area contributed by atoms with Crippen molar-refractivity contribution in [2.24, 2.45) is 5.73 Å². The third kappa shape index (κ3) is 5.50. The SMILES string of the molecule is NCCCCN(C[C@H]1CN(C(=O)c2ccccc2)CCN1)[C@H]1CCCc2cccnc21. The third-order valence-corrected chi connectivity index (χ3v) is 6.52. The second kappa shape index (κ2) is 10.8. The smallest absolute Gasteiger partial charge is 0.253 e. The van der Waals surface area contributed by atoms with Crippen LogP contribution < -0.4 is 11.1 Å². The van der Waals surface area contributed by atoms with Crippen LogP contribution in [0.4, 0.5) is 0 Å². The lowest BCUT2D eigenvalue weighted by Crippen LogP contribution is -2.56. The Balaban J connectivity index is 1.46. The van der Waals surface area contributed by atoms with E-state index < -0.39 is 0 Å². The van der Waals surface area contributed by atoms with Gasteiger partial charge < -0.3 is 16.0 Å². The van der Waals surface area contributed by atoms with Crippen molar-refractivity contribution in [2.45, 2.75) is 44.2 Å². The van der Waals surface area contributed by atoms with Crippen LogP contribution in [0.25, 0.3) is 0 Å². The van der Waals surface area contributed by atoms with Crippen molar-refractivity contribution in [2.75, 3.05) is 39.3 Å². The summed E-state index contributed by atoms with van der Waals surface area (Å²) < 4.78 is 0. The average Bonchev–Trinajstić information content (AvgIpc) is 2.83. The van der Waals surface area contributed by atoms with E-state index in [0.29, 0.717) is 6.04 Å². The molecule has 2 aromatic rings. The summed E-state index contributed by atoms with van der Waals surface area (Å²) in [5.41, 5.74) is 9.18. The quantitative estimate of drug-likeness (QED) is 0.641. The summed E-state index contributed by atoms with van der Waals surface area (Å²) in [6, 6.07) is 14.5. The highest BCUT2D eigenvalue weighted by molar-refractivity contribution is 5.94. The first-order valence-corrected chi connectivity index (χ1v) is 11.7. The first-order valence-electron chi connectivity index (χ1n) is 11.7. The van der Waals surface area contributed by atoms with Crippen LogP contribution >= 0.6 is 0 Å². The number of nitrogens with one attached hydrogen (secondary N) is 1. The molecule has 0 unspecified atom stereocenters. The van der Waals surface area contributed by atoms with Gasteiger partial charge in [-0.15, -0.1) is 0 Å². The van der Waals surface area contributed by atoms with E-state index in [9.17, 15) is 4.79 Å². The lowest BCUT2D eigenvalue weighted by molar-refractivity contribution is 0.0658. The first kappa shape index (κ1) is 21.9. The Kier molecular flexibility index (Phi) is 7.67. The van der Waals surface area contributed by atoms with Crippen molar-refractivity contribution in [3.05, 3.63) is 65.5 Å². The van der Waals surface area contributed by atoms with E-state index in [0.717, 1.165) is 70.5 Å². The van der Waals surface area contributed by atoms with Crippen LogP contribution in [0, 0.1) is 0 Å². The number of hydrogen-bond donors (Lipinski definition) is 2. The average molecular weight is 422 g/mol. The van der Waals surface area contributed by atoms with E-state index in [1.54, 1.807) is 0 Å². The topological polar surface area (TPSA) is 74.5 Å². The highest BCUT2D eigenvalue weighted by Gasteiger charge is 2.31. The van der Waals surface area contributed by atoms with Crippen LogP contribution in [0.5, 0.6) is 0 Å². The van der Waals surface area contributed by atoms with Crippen LogP contribution in [-0.4, -0.2) is 66.0 Å². The molecule has 2 heterocycles. The Bertz CT molecular complexity index is 843. The lowest BCUT2D eigenvalue weighted by Gasteiger charge is -2.40. The predicted octanol–water partition coefficient (Wildman–Crippen LogP) is 2.61. The highest BCUT2D eigenvalue weighted by Crippen LogP contribution is 2.33.